The number of nitrogens with two attached hydrogens (primary N) is 1. The number of para-hydroxylation sites is 1. The quantitative estimate of drug-likeness (QED) is 0.497. The number of aliphatic hydroxyl groups is 2. The monoisotopic (exact) mass is 341 g/mol. The Bertz CT molecular complexity index is 798. The maximum atomic E-state index is 9.61. The number of aliphatic hydroxyl groups excluding tert-OH is 2. The Kier molecular flexibility index (Phi) is 5.71. The number of nitrogens with one attached hydrogen (secondary N) is 1. The molecule has 0 bridgehead atoms. The molecule has 5 N–H and O–H groups in total. The van der Waals surface area contributed by atoms with Crippen molar-refractivity contribution in [2.24, 2.45) is 0 Å². The Morgan fingerprint density at radius 1 is 1.08 bits per heavy atom. The molecule has 132 valence electrons. The summed E-state index contributed by atoms with van der Waals surface area (Å²) in [5.74, 6) is 1.01. The van der Waals surface area contributed by atoms with E-state index in [4.69, 9.17) is 9.84 Å². The van der Waals surface area contributed by atoms with Gasteiger partial charge in [0.1, 0.15) is 18.4 Å². The van der Waals surface area contributed by atoms with Gasteiger partial charge in [0.25, 0.3) is 0 Å². The lowest BCUT2D eigenvalue weighted by Gasteiger charge is -2.17. The van der Waals surface area contributed by atoms with Crippen LogP contribution in [-0.4, -0.2) is 48.1 Å². The Labute approximate surface area is 147 Å². The number of rotatable bonds is 8. The Balaban J connectivity index is 1.90. The molecule has 5 nitrogen and oxygen atoms in total. The Morgan fingerprint density at radius 2 is 1.84 bits per heavy atom. The van der Waals surface area contributed by atoms with Gasteiger partial charge in [-0.3, -0.25) is 0 Å². The Morgan fingerprint density at radius 3 is 2.56 bits per heavy atom. The number of aromatic amines is 1. The molecule has 0 fully saturated rings. The first-order valence-corrected chi connectivity index (χ1v) is 8.53. The van der Waals surface area contributed by atoms with Gasteiger partial charge in [-0.2, -0.15) is 0 Å². The van der Waals surface area contributed by atoms with Crippen LogP contribution in [0.15, 0.2) is 54.7 Å². The average Bonchev–Trinajstić information content (AvgIpc) is 3.09. The molecule has 0 aliphatic heterocycles. The topological polar surface area (TPSA) is 82.1 Å². The molecule has 0 saturated heterocycles. The van der Waals surface area contributed by atoms with E-state index < -0.39 is 6.10 Å². The first-order valence-electron chi connectivity index (χ1n) is 8.53. The highest BCUT2D eigenvalue weighted by Crippen LogP contribution is 2.30. The van der Waals surface area contributed by atoms with E-state index in [0.29, 0.717) is 6.54 Å². The lowest BCUT2D eigenvalue weighted by molar-refractivity contribution is -0.662. The van der Waals surface area contributed by atoms with Gasteiger partial charge in [0.2, 0.25) is 0 Å². The fourth-order valence-electron chi connectivity index (χ4n) is 3.19. The lowest BCUT2D eigenvalue weighted by atomic mass is 9.90. The summed E-state index contributed by atoms with van der Waals surface area (Å²) in [7, 11) is 1.66. The van der Waals surface area contributed by atoms with E-state index in [9.17, 15) is 5.11 Å². The summed E-state index contributed by atoms with van der Waals surface area (Å²) in [6.07, 6.45) is 1.37. The van der Waals surface area contributed by atoms with Gasteiger partial charge < -0.3 is 25.3 Å². The van der Waals surface area contributed by atoms with Crippen molar-refractivity contribution in [1.82, 2.24) is 4.98 Å². The van der Waals surface area contributed by atoms with Crippen LogP contribution in [0.1, 0.15) is 17.0 Å². The second kappa shape index (κ2) is 8.16. The van der Waals surface area contributed by atoms with Crippen molar-refractivity contribution in [2.75, 3.05) is 26.8 Å². The lowest BCUT2D eigenvalue weighted by Crippen LogP contribution is -2.87. The van der Waals surface area contributed by atoms with Crippen molar-refractivity contribution in [3.8, 4) is 5.75 Å². The minimum atomic E-state index is -0.695. The molecule has 0 saturated carbocycles. The Hall–Kier alpha value is -2.34. The minimum absolute atomic E-state index is 0.174. The summed E-state index contributed by atoms with van der Waals surface area (Å²) in [5.41, 5.74) is 3.54. The number of quaternary nitrogens is 1. The molecule has 2 atom stereocenters. The first-order chi connectivity index (χ1) is 12.2. The molecule has 2 aromatic carbocycles. The molecule has 3 aromatic rings. The van der Waals surface area contributed by atoms with Gasteiger partial charge in [0.15, 0.2) is 0 Å². The van der Waals surface area contributed by atoms with Crippen LogP contribution in [-0.2, 0) is 0 Å². The van der Waals surface area contributed by atoms with Crippen molar-refractivity contribution in [3.05, 3.63) is 65.9 Å². The molecular weight excluding hydrogens is 316 g/mol. The van der Waals surface area contributed by atoms with Gasteiger partial charge in [0, 0.05) is 17.1 Å². The highest BCUT2D eigenvalue weighted by Gasteiger charge is 2.20. The van der Waals surface area contributed by atoms with E-state index >= 15 is 0 Å². The molecule has 1 aromatic heterocycles. The largest absolute Gasteiger partial charge is 0.497 e. The van der Waals surface area contributed by atoms with Crippen molar-refractivity contribution in [1.29, 1.82) is 0 Å². The summed E-state index contributed by atoms with van der Waals surface area (Å²) in [5, 5.41) is 21.9. The number of ether oxygens (including phenoxy) is 1. The molecule has 1 heterocycles. The number of hydrogen-bond donors (Lipinski definition) is 4. The molecule has 0 aliphatic carbocycles. The molecule has 3 rings (SSSR count). The van der Waals surface area contributed by atoms with Crippen molar-refractivity contribution < 1.29 is 20.3 Å². The van der Waals surface area contributed by atoms with E-state index in [2.05, 4.69) is 40.8 Å². The third kappa shape index (κ3) is 4.02. The standard InChI is InChI=1S/C20H24N2O3/c1-25-16-8-6-14(7-9-16)18(11-21-10-15(24)13-23)19-12-22-20-5-3-2-4-17(19)20/h2-9,12,15,18,21-24H,10-11,13H2,1H3/p+1/t15-,18+/m0/s1. The normalized spacial score (nSPS) is 13.7. The SMILES string of the molecule is COc1ccc([C@@H](C[NH2+]C[C@H](O)CO)c2c[nH]c3ccccc23)cc1. The highest BCUT2D eigenvalue weighted by molar-refractivity contribution is 5.84. The van der Waals surface area contributed by atoms with Crippen molar-refractivity contribution in [2.45, 2.75) is 12.0 Å². The maximum absolute atomic E-state index is 9.61. The van der Waals surface area contributed by atoms with Gasteiger partial charge >= 0.3 is 0 Å². The van der Waals surface area contributed by atoms with Gasteiger partial charge in [0.05, 0.1) is 26.2 Å². The van der Waals surface area contributed by atoms with Gasteiger partial charge in [-0.25, -0.2) is 0 Å². The van der Waals surface area contributed by atoms with Crippen molar-refractivity contribution in [3.63, 3.8) is 0 Å². The smallest absolute Gasteiger partial charge is 0.126 e. The third-order valence-electron chi connectivity index (χ3n) is 4.57. The fourth-order valence-corrected chi connectivity index (χ4v) is 3.19. The zero-order valence-electron chi connectivity index (χ0n) is 14.4. The van der Waals surface area contributed by atoms with Crippen LogP contribution in [0.25, 0.3) is 10.9 Å². The van der Waals surface area contributed by atoms with Crippen LogP contribution in [0.5, 0.6) is 5.75 Å². The molecule has 0 radical (unpaired) electrons. The molecule has 0 spiro atoms. The van der Waals surface area contributed by atoms with Crippen LogP contribution in [0.3, 0.4) is 0 Å². The summed E-state index contributed by atoms with van der Waals surface area (Å²) in [6.45, 7) is 1.05. The maximum Gasteiger partial charge on any atom is 0.126 e. The van der Waals surface area contributed by atoms with Crippen LogP contribution in [0.4, 0.5) is 0 Å². The van der Waals surface area contributed by atoms with Gasteiger partial charge in [-0.1, -0.05) is 30.3 Å². The average molecular weight is 341 g/mol. The molecule has 5 heteroatoms. The van der Waals surface area contributed by atoms with Crippen LogP contribution < -0.4 is 10.1 Å². The molecule has 25 heavy (non-hydrogen) atoms. The summed E-state index contributed by atoms with van der Waals surface area (Å²) in [4.78, 5) is 3.34. The van der Waals surface area contributed by atoms with Crippen LogP contribution in [0, 0.1) is 0 Å². The number of hydrogen-bond acceptors (Lipinski definition) is 3. The minimum Gasteiger partial charge on any atom is -0.497 e. The van der Waals surface area contributed by atoms with E-state index in [1.165, 1.54) is 16.5 Å². The van der Waals surface area contributed by atoms with Gasteiger partial charge in [-0.05, 0) is 29.3 Å². The third-order valence-corrected chi connectivity index (χ3v) is 4.57. The van der Waals surface area contributed by atoms with Crippen LogP contribution in [0.2, 0.25) is 0 Å². The van der Waals surface area contributed by atoms with Gasteiger partial charge in [-0.15, -0.1) is 0 Å². The summed E-state index contributed by atoms with van der Waals surface area (Å²) < 4.78 is 5.26. The first kappa shape index (κ1) is 17.5. The second-order valence-electron chi connectivity index (χ2n) is 6.21. The van der Waals surface area contributed by atoms with Crippen LogP contribution >= 0.6 is 0 Å². The van der Waals surface area contributed by atoms with E-state index in [0.717, 1.165) is 17.8 Å². The summed E-state index contributed by atoms with van der Waals surface area (Å²) in [6, 6.07) is 16.4. The van der Waals surface area contributed by atoms with E-state index in [1.807, 2.05) is 24.3 Å². The van der Waals surface area contributed by atoms with Crippen molar-refractivity contribution >= 4 is 10.9 Å². The fraction of sp³-hybridized carbons (Fsp3) is 0.300. The van der Waals surface area contributed by atoms with E-state index in [1.54, 1.807) is 7.11 Å². The van der Waals surface area contributed by atoms with E-state index in [-0.39, 0.29) is 12.5 Å². The zero-order chi connectivity index (χ0) is 17.6. The number of methoxy groups -OCH3 is 1. The number of benzene rings is 2. The summed E-state index contributed by atoms with van der Waals surface area (Å²) >= 11 is 0. The second-order valence-corrected chi connectivity index (χ2v) is 6.21. The molecule has 0 aliphatic rings. The number of fused-ring (bicyclic) bond motifs is 1. The molecular formula is C20H25N2O3+. The number of H-pyrrole nitrogens is 1. The predicted molar refractivity (Wildman–Crippen MR) is 97.9 cm³/mol. The highest BCUT2D eigenvalue weighted by atomic mass is 16.5. The zero-order valence-corrected chi connectivity index (χ0v) is 14.4. The predicted octanol–water partition coefficient (Wildman–Crippen LogP) is 1.23. The molecule has 0 unspecified atom stereocenters. The number of aromatic nitrogens is 1. The molecule has 0 amide bonds.